The molecule has 2 rings (SSSR count). The molecule has 0 spiro atoms. The van der Waals surface area contributed by atoms with Crippen LogP contribution in [0.3, 0.4) is 0 Å². The molecule has 4 nitrogen and oxygen atoms in total. The standard InChI is InChI=1S/C13H10F3NO3/c1-7-12(19-8(2)18)20-11(17-7)9-3-5-10(6-4-9)13(14,15)16/h3-6H,1-2H3. The number of ether oxygens (including phenoxy) is 1. The van der Waals surface area contributed by atoms with Crippen LogP contribution in [0.1, 0.15) is 18.2 Å². The number of aromatic nitrogens is 1. The van der Waals surface area contributed by atoms with E-state index >= 15 is 0 Å². The van der Waals surface area contributed by atoms with Gasteiger partial charge in [0.15, 0.2) is 0 Å². The van der Waals surface area contributed by atoms with Gasteiger partial charge in [0, 0.05) is 12.5 Å². The first kappa shape index (κ1) is 14.1. The van der Waals surface area contributed by atoms with Crippen LogP contribution < -0.4 is 4.74 Å². The number of carbonyl (C=O) groups excluding carboxylic acids is 1. The molecule has 0 aliphatic carbocycles. The molecule has 0 amide bonds. The Morgan fingerprint density at radius 2 is 1.85 bits per heavy atom. The maximum Gasteiger partial charge on any atom is 0.416 e. The normalized spacial score (nSPS) is 11.4. The van der Waals surface area contributed by atoms with Gasteiger partial charge in [-0.1, -0.05) is 0 Å². The lowest BCUT2D eigenvalue weighted by Crippen LogP contribution is -2.03. The van der Waals surface area contributed by atoms with Gasteiger partial charge in [0.1, 0.15) is 5.69 Å². The molecule has 0 N–H and O–H groups in total. The highest BCUT2D eigenvalue weighted by Gasteiger charge is 2.30. The molecule has 0 radical (unpaired) electrons. The van der Waals surface area contributed by atoms with Gasteiger partial charge in [-0.3, -0.25) is 4.79 Å². The van der Waals surface area contributed by atoms with Crippen molar-refractivity contribution in [1.82, 2.24) is 4.98 Å². The molecule has 0 fully saturated rings. The molecule has 0 saturated carbocycles. The molecule has 0 saturated heterocycles. The number of nitrogens with zero attached hydrogens (tertiary/aromatic N) is 1. The van der Waals surface area contributed by atoms with E-state index in [0.29, 0.717) is 11.3 Å². The minimum Gasteiger partial charge on any atom is -0.405 e. The average Bonchev–Trinajstić information content (AvgIpc) is 2.69. The lowest BCUT2D eigenvalue weighted by atomic mass is 10.1. The third-order valence-corrected chi connectivity index (χ3v) is 2.45. The zero-order valence-electron chi connectivity index (χ0n) is 10.6. The van der Waals surface area contributed by atoms with Crippen LogP contribution in [0, 0.1) is 6.92 Å². The van der Waals surface area contributed by atoms with Crippen molar-refractivity contribution in [1.29, 1.82) is 0 Å². The monoisotopic (exact) mass is 285 g/mol. The van der Waals surface area contributed by atoms with Crippen molar-refractivity contribution in [2.75, 3.05) is 0 Å². The number of oxazole rings is 1. The van der Waals surface area contributed by atoms with Crippen LogP contribution in [0.25, 0.3) is 11.5 Å². The molecule has 2 aromatic rings. The van der Waals surface area contributed by atoms with Crippen molar-refractivity contribution in [2.45, 2.75) is 20.0 Å². The Hall–Kier alpha value is -2.31. The van der Waals surface area contributed by atoms with E-state index in [1.54, 1.807) is 6.92 Å². The van der Waals surface area contributed by atoms with Crippen LogP contribution >= 0.6 is 0 Å². The van der Waals surface area contributed by atoms with E-state index in [1.807, 2.05) is 0 Å². The molecule has 0 bridgehead atoms. The predicted molar refractivity (Wildman–Crippen MR) is 63.0 cm³/mol. The number of alkyl halides is 3. The summed E-state index contributed by atoms with van der Waals surface area (Å²) in [4.78, 5) is 14.8. The second-order valence-corrected chi connectivity index (χ2v) is 4.06. The van der Waals surface area contributed by atoms with Gasteiger partial charge in [-0.05, 0) is 31.2 Å². The van der Waals surface area contributed by atoms with Crippen LogP contribution in [-0.4, -0.2) is 11.0 Å². The first-order chi connectivity index (χ1) is 9.27. The van der Waals surface area contributed by atoms with Gasteiger partial charge < -0.3 is 9.15 Å². The predicted octanol–water partition coefficient (Wildman–Crippen LogP) is 3.59. The summed E-state index contributed by atoms with van der Waals surface area (Å²) in [5.74, 6) is -0.539. The SMILES string of the molecule is CC(=O)Oc1oc(-c2ccc(C(F)(F)F)cc2)nc1C. The van der Waals surface area contributed by atoms with Gasteiger partial charge in [0.05, 0.1) is 5.56 Å². The Morgan fingerprint density at radius 3 is 2.35 bits per heavy atom. The summed E-state index contributed by atoms with van der Waals surface area (Å²) in [6.45, 7) is 2.77. The first-order valence-electron chi connectivity index (χ1n) is 5.61. The van der Waals surface area contributed by atoms with Crippen molar-refractivity contribution < 1.29 is 27.1 Å². The molecule has 20 heavy (non-hydrogen) atoms. The molecule has 0 aliphatic heterocycles. The summed E-state index contributed by atoms with van der Waals surface area (Å²) in [6.07, 6.45) is -4.39. The average molecular weight is 285 g/mol. The van der Waals surface area contributed by atoms with Crippen LogP contribution in [-0.2, 0) is 11.0 Å². The fourth-order valence-electron chi connectivity index (χ4n) is 1.53. The molecule has 1 heterocycles. The van der Waals surface area contributed by atoms with E-state index in [-0.39, 0.29) is 11.8 Å². The Kier molecular flexibility index (Phi) is 3.52. The Morgan fingerprint density at radius 1 is 1.25 bits per heavy atom. The number of esters is 1. The number of hydrogen-bond acceptors (Lipinski definition) is 4. The Bertz CT molecular complexity index is 629. The third-order valence-electron chi connectivity index (χ3n) is 2.45. The highest BCUT2D eigenvalue weighted by atomic mass is 19.4. The minimum absolute atomic E-state index is 0.0626. The van der Waals surface area contributed by atoms with E-state index < -0.39 is 17.7 Å². The van der Waals surface area contributed by atoms with Crippen LogP contribution in [0.5, 0.6) is 5.95 Å². The zero-order valence-corrected chi connectivity index (χ0v) is 10.6. The lowest BCUT2D eigenvalue weighted by Gasteiger charge is -2.06. The minimum atomic E-state index is -4.39. The number of hydrogen-bond donors (Lipinski definition) is 0. The van der Waals surface area contributed by atoms with Gasteiger partial charge >= 0.3 is 18.1 Å². The van der Waals surface area contributed by atoms with Gasteiger partial charge in [0.2, 0.25) is 5.89 Å². The molecular weight excluding hydrogens is 275 g/mol. The first-order valence-corrected chi connectivity index (χ1v) is 5.61. The van der Waals surface area contributed by atoms with Crippen molar-refractivity contribution >= 4 is 5.97 Å². The smallest absolute Gasteiger partial charge is 0.405 e. The second kappa shape index (κ2) is 4.99. The van der Waals surface area contributed by atoms with E-state index in [4.69, 9.17) is 9.15 Å². The highest BCUT2D eigenvalue weighted by Crippen LogP contribution is 2.32. The van der Waals surface area contributed by atoms with Crippen LogP contribution in [0.4, 0.5) is 13.2 Å². The van der Waals surface area contributed by atoms with Gasteiger partial charge in [-0.25, -0.2) is 4.98 Å². The summed E-state index contributed by atoms with van der Waals surface area (Å²) in [7, 11) is 0. The zero-order chi connectivity index (χ0) is 14.9. The van der Waals surface area contributed by atoms with Crippen molar-refractivity contribution in [3.63, 3.8) is 0 Å². The fourth-order valence-corrected chi connectivity index (χ4v) is 1.53. The fraction of sp³-hybridized carbons (Fsp3) is 0.231. The van der Waals surface area contributed by atoms with Crippen LogP contribution in [0.15, 0.2) is 28.7 Å². The summed E-state index contributed by atoms with van der Waals surface area (Å²) in [6, 6.07) is 4.35. The summed E-state index contributed by atoms with van der Waals surface area (Å²) < 4.78 is 47.3. The van der Waals surface area contributed by atoms with Crippen LogP contribution in [0.2, 0.25) is 0 Å². The molecule has 0 atom stereocenters. The molecule has 1 aromatic carbocycles. The Labute approximate surface area is 112 Å². The topological polar surface area (TPSA) is 52.3 Å². The molecular formula is C13H10F3NO3. The lowest BCUT2D eigenvalue weighted by molar-refractivity contribution is -0.137. The van der Waals surface area contributed by atoms with E-state index in [9.17, 15) is 18.0 Å². The molecule has 1 aromatic heterocycles. The van der Waals surface area contributed by atoms with Crippen molar-refractivity contribution in [2.24, 2.45) is 0 Å². The van der Waals surface area contributed by atoms with Gasteiger partial charge in [-0.2, -0.15) is 13.2 Å². The number of rotatable bonds is 2. The van der Waals surface area contributed by atoms with Crippen molar-refractivity contribution in [3.05, 3.63) is 35.5 Å². The Balaban J connectivity index is 2.30. The quantitative estimate of drug-likeness (QED) is 0.791. The molecule has 7 heteroatoms. The van der Waals surface area contributed by atoms with E-state index in [0.717, 1.165) is 12.1 Å². The summed E-state index contributed by atoms with van der Waals surface area (Å²) in [5, 5.41) is 0. The van der Waals surface area contributed by atoms with Gasteiger partial charge in [0.25, 0.3) is 0 Å². The number of carbonyl (C=O) groups is 1. The third kappa shape index (κ3) is 2.98. The molecule has 0 unspecified atom stereocenters. The van der Waals surface area contributed by atoms with E-state index in [1.165, 1.54) is 19.1 Å². The maximum atomic E-state index is 12.4. The summed E-state index contributed by atoms with van der Waals surface area (Å²) in [5.41, 5.74) is -0.0562. The number of benzene rings is 1. The molecule has 0 aliphatic rings. The van der Waals surface area contributed by atoms with E-state index in [2.05, 4.69) is 4.98 Å². The van der Waals surface area contributed by atoms with Crippen molar-refractivity contribution in [3.8, 4) is 17.4 Å². The number of halogens is 3. The highest BCUT2D eigenvalue weighted by molar-refractivity contribution is 5.69. The molecule has 106 valence electrons. The summed E-state index contributed by atoms with van der Waals surface area (Å²) >= 11 is 0. The largest absolute Gasteiger partial charge is 0.416 e. The number of aryl methyl sites for hydroxylation is 1. The maximum absolute atomic E-state index is 12.4. The van der Waals surface area contributed by atoms with Gasteiger partial charge in [-0.15, -0.1) is 0 Å². The second-order valence-electron chi connectivity index (χ2n) is 4.06.